The molecule has 5 rings (SSSR count). The van der Waals surface area contributed by atoms with Gasteiger partial charge in [-0.05, 0) is 66.7 Å². The number of amides is 1. The van der Waals surface area contributed by atoms with Gasteiger partial charge in [0.05, 0.1) is 29.6 Å². The SMILES string of the molecule is COc1ccc(NC(=O)c2ccccc2Sc2ccc3c(/C=C/c4ccccn4)n[nH]c3c2)cc1O. The predicted octanol–water partition coefficient (Wildman–Crippen LogP) is 6.25. The summed E-state index contributed by atoms with van der Waals surface area (Å²) in [4.78, 5) is 19.1. The summed E-state index contributed by atoms with van der Waals surface area (Å²) in [6.45, 7) is 0. The van der Waals surface area contributed by atoms with Crippen LogP contribution in [0.4, 0.5) is 5.69 Å². The van der Waals surface area contributed by atoms with Crippen molar-refractivity contribution in [3.8, 4) is 11.5 Å². The molecule has 0 radical (unpaired) electrons. The third kappa shape index (κ3) is 5.08. The molecule has 0 aliphatic heterocycles. The molecular formula is C28H22N4O3S. The van der Waals surface area contributed by atoms with Crippen LogP contribution in [0.1, 0.15) is 21.7 Å². The van der Waals surface area contributed by atoms with E-state index in [1.54, 1.807) is 24.4 Å². The largest absolute Gasteiger partial charge is 0.504 e. The summed E-state index contributed by atoms with van der Waals surface area (Å²) in [5.74, 6) is 0.0285. The van der Waals surface area contributed by atoms with Gasteiger partial charge in [-0.1, -0.05) is 30.0 Å². The fourth-order valence-electron chi connectivity index (χ4n) is 3.69. The van der Waals surface area contributed by atoms with E-state index in [1.807, 2.05) is 66.7 Å². The third-order valence-corrected chi connectivity index (χ3v) is 6.53. The number of carbonyl (C=O) groups is 1. The number of ether oxygens (including phenoxy) is 1. The van der Waals surface area contributed by atoms with Gasteiger partial charge >= 0.3 is 0 Å². The van der Waals surface area contributed by atoms with Crippen LogP contribution < -0.4 is 10.1 Å². The van der Waals surface area contributed by atoms with Crippen LogP contribution in [0.15, 0.2) is 94.9 Å². The molecule has 0 aliphatic carbocycles. The van der Waals surface area contributed by atoms with Crippen molar-refractivity contribution in [2.75, 3.05) is 12.4 Å². The molecule has 0 saturated carbocycles. The zero-order valence-corrected chi connectivity index (χ0v) is 20.1. The van der Waals surface area contributed by atoms with Gasteiger partial charge in [0.2, 0.25) is 0 Å². The number of methoxy groups -OCH3 is 1. The zero-order chi connectivity index (χ0) is 24.9. The third-order valence-electron chi connectivity index (χ3n) is 5.46. The maximum Gasteiger partial charge on any atom is 0.256 e. The Labute approximate surface area is 211 Å². The molecule has 5 aromatic rings. The Morgan fingerprint density at radius 1 is 1.03 bits per heavy atom. The maximum absolute atomic E-state index is 13.0. The predicted molar refractivity (Wildman–Crippen MR) is 142 cm³/mol. The Morgan fingerprint density at radius 2 is 1.89 bits per heavy atom. The summed E-state index contributed by atoms with van der Waals surface area (Å²) in [6.07, 6.45) is 5.62. The number of fused-ring (bicyclic) bond motifs is 1. The van der Waals surface area contributed by atoms with Crippen molar-refractivity contribution in [3.05, 3.63) is 102 Å². The van der Waals surface area contributed by atoms with Crippen LogP contribution in [0.3, 0.4) is 0 Å². The van der Waals surface area contributed by atoms with Crippen LogP contribution in [-0.4, -0.2) is 33.3 Å². The maximum atomic E-state index is 13.0. The molecule has 0 unspecified atom stereocenters. The van der Waals surface area contributed by atoms with Gasteiger partial charge in [-0.2, -0.15) is 5.10 Å². The van der Waals surface area contributed by atoms with E-state index in [2.05, 4.69) is 20.5 Å². The first-order valence-corrected chi connectivity index (χ1v) is 11.9. The lowest BCUT2D eigenvalue weighted by Crippen LogP contribution is -2.12. The molecule has 0 atom stereocenters. The van der Waals surface area contributed by atoms with Crippen molar-refractivity contribution < 1.29 is 14.6 Å². The highest BCUT2D eigenvalue weighted by atomic mass is 32.2. The topological polar surface area (TPSA) is 100 Å². The molecule has 0 bridgehead atoms. The normalized spacial score (nSPS) is 11.1. The van der Waals surface area contributed by atoms with Gasteiger partial charge in [-0.3, -0.25) is 14.9 Å². The number of nitrogens with one attached hydrogen (secondary N) is 2. The minimum atomic E-state index is -0.271. The molecule has 8 heteroatoms. The highest BCUT2D eigenvalue weighted by molar-refractivity contribution is 7.99. The highest BCUT2D eigenvalue weighted by Gasteiger charge is 2.14. The molecule has 0 fully saturated rings. The average molecular weight is 495 g/mol. The molecule has 178 valence electrons. The summed E-state index contributed by atoms with van der Waals surface area (Å²) in [5.41, 5.74) is 3.59. The zero-order valence-electron chi connectivity index (χ0n) is 19.3. The monoisotopic (exact) mass is 494 g/mol. The number of anilines is 1. The van der Waals surface area contributed by atoms with E-state index in [4.69, 9.17) is 4.74 Å². The molecule has 36 heavy (non-hydrogen) atoms. The first-order valence-electron chi connectivity index (χ1n) is 11.1. The van der Waals surface area contributed by atoms with Crippen LogP contribution in [0, 0.1) is 0 Å². The number of phenolic OH excluding ortho intramolecular Hbond substituents is 1. The smallest absolute Gasteiger partial charge is 0.256 e. The lowest BCUT2D eigenvalue weighted by molar-refractivity contribution is 0.102. The van der Waals surface area contributed by atoms with Crippen molar-refractivity contribution >= 4 is 46.4 Å². The Morgan fingerprint density at radius 3 is 2.69 bits per heavy atom. The lowest BCUT2D eigenvalue weighted by Gasteiger charge is -2.11. The number of aromatic amines is 1. The number of aromatic nitrogens is 3. The van der Waals surface area contributed by atoms with Crippen molar-refractivity contribution in [1.29, 1.82) is 0 Å². The van der Waals surface area contributed by atoms with Gasteiger partial charge < -0.3 is 15.2 Å². The molecule has 7 nitrogen and oxygen atoms in total. The van der Waals surface area contributed by atoms with E-state index in [0.29, 0.717) is 17.0 Å². The van der Waals surface area contributed by atoms with Crippen molar-refractivity contribution in [2.45, 2.75) is 9.79 Å². The van der Waals surface area contributed by atoms with E-state index in [-0.39, 0.29) is 11.7 Å². The number of phenols is 1. The number of aromatic hydroxyl groups is 1. The van der Waals surface area contributed by atoms with Gasteiger partial charge in [0, 0.05) is 33.1 Å². The average Bonchev–Trinajstić information content (AvgIpc) is 3.30. The Hall–Kier alpha value is -4.56. The van der Waals surface area contributed by atoms with Crippen LogP contribution in [0.5, 0.6) is 11.5 Å². The van der Waals surface area contributed by atoms with Crippen LogP contribution in [0.25, 0.3) is 23.1 Å². The van der Waals surface area contributed by atoms with E-state index in [0.717, 1.165) is 32.1 Å². The number of hydrogen-bond donors (Lipinski definition) is 3. The first kappa shape index (κ1) is 23.2. The van der Waals surface area contributed by atoms with Crippen molar-refractivity contribution in [1.82, 2.24) is 15.2 Å². The molecular weight excluding hydrogens is 472 g/mol. The molecule has 0 aliphatic rings. The second-order valence-corrected chi connectivity index (χ2v) is 8.96. The molecule has 0 spiro atoms. The summed E-state index contributed by atoms with van der Waals surface area (Å²) in [6, 6.07) is 23.9. The van der Waals surface area contributed by atoms with Crippen molar-refractivity contribution in [3.63, 3.8) is 0 Å². The first-order chi connectivity index (χ1) is 17.6. The minimum Gasteiger partial charge on any atom is -0.504 e. The molecule has 2 aromatic heterocycles. The second kappa shape index (κ2) is 10.4. The Kier molecular flexibility index (Phi) is 6.68. The van der Waals surface area contributed by atoms with E-state index in [9.17, 15) is 9.90 Å². The highest BCUT2D eigenvalue weighted by Crippen LogP contribution is 2.34. The van der Waals surface area contributed by atoms with Gasteiger partial charge in [0.25, 0.3) is 5.91 Å². The number of hydrogen-bond acceptors (Lipinski definition) is 6. The number of H-pyrrole nitrogens is 1. The van der Waals surface area contributed by atoms with E-state index in [1.165, 1.54) is 24.9 Å². The number of pyridine rings is 1. The van der Waals surface area contributed by atoms with E-state index >= 15 is 0 Å². The van der Waals surface area contributed by atoms with Crippen LogP contribution >= 0.6 is 11.8 Å². The summed E-state index contributed by atoms with van der Waals surface area (Å²) in [5, 5.41) is 21.4. The second-order valence-electron chi connectivity index (χ2n) is 7.84. The summed E-state index contributed by atoms with van der Waals surface area (Å²) in [7, 11) is 1.47. The van der Waals surface area contributed by atoms with Crippen molar-refractivity contribution in [2.24, 2.45) is 0 Å². The fourth-order valence-corrected chi connectivity index (χ4v) is 4.67. The lowest BCUT2D eigenvalue weighted by atomic mass is 10.2. The summed E-state index contributed by atoms with van der Waals surface area (Å²) >= 11 is 1.49. The summed E-state index contributed by atoms with van der Waals surface area (Å²) < 4.78 is 5.06. The van der Waals surface area contributed by atoms with Crippen LogP contribution in [-0.2, 0) is 0 Å². The van der Waals surface area contributed by atoms with Gasteiger partial charge in [0.15, 0.2) is 11.5 Å². The van der Waals surface area contributed by atoms with Gasteiger partial charge in [-0.15, -0.1) is 0 Å². The molecule has 3 N–H and O–H groups in total. The van der Waals surface area contributed by atoms with E-state index < -0.39 is 0 Å². The molecule has 3 aromatic carbocycles. The fraction of sp³-hybridized carbons (Fsp3) is 0.0357. The molecule has 0 saturated heterocycles. The minimum absolute atomic E-state index is 0.0416. The molecule has 2 heterocycles. The number of rotatable bonds is 7. The van der Waals surface area contributed by atoms with Crippen LogP contribution in [0.2, 0.25) is 0 Å². The standard InChI is InChI=1S/C28H22N4O3S/c1-35-26-14-10-19(16-25(26)33)30-28(34)22-7-2-3-8-27(22)36-20-11-12-21-23(31-32-24(21)17-20)13-9-18-6-4-5-15-29-18/h2-17,33H,1H3,(H,30,34)(H,31,32)/b13-9+. The number of carbonyl (C=O) groups excluding carboxylic acids is 1. The molecule has 1 amide bonds. The number of nitrogens with zero attached hydrogens (tertiary/aromatic N) is 2. The number of benzene rings is 3. The van der Waals surface area contributed by atoms with Gasteiger partial charge in [0.1, 0.15) is 0 Å². The Bertz CT molecular complexity index is 1560. The quantitative estimate of drug-likeness (QED) is 0.247. The Balaban J connectivity index is 1.35. The van der Waals surface area contributed by atoms with Gasteiger partial charge in [-0.25, -0.2) is 0 Å².